The summed E-state index contributed by atoms with van der Waals surface area (Å²) in [6.45, 7) is 1.66. The molecule has 3 rings (SSSR count). The minimum atomic E-state index is -0.926. The number of benzene rings is 1. The van der Waals surface area contributed by atoms with Gasteiger partial charge in [0.05, 0.1) is 17.4 Å². The van der Waals surface area contributed by atoms with Gasteiger partial charge >= 0.3 is 0 Å². The normalized spacial score (nSPS) is 15.8. The summed E-state index contributed by atoms with van der Waals surface area (Å²) in [7, 11) is 0. The Balaban J connectivity index is 1.83. The number of likely N-dealkylation sites (tertiary alicyclic amines) is 1. The number of piperidine rings is 1. The molecule has 1 amide bonds. The molecule has 1 aliphatic rings. The molecular formula is C14H15F2N3O. The standard InChI is InChI=1S/C14H15F2N3O/c15-10-6-12-13(7-11(10)16)19(9-17-12)8-14(20)18-4-2-1-3-5-18/h6-7,9H,1-5,8H2. The molecule has 106 valence electrons. The van der Waals surface area contributed by atoms with E-state index in [-0.39, 0.29) is 12.5 Å². The summed E-state index contributed by atoms with van der Waals surface area (Å²) in [4.78, 5) is 18.0. The molecule has 2 aromatic rings. The van der Waals surface area contributed by atoms with Crippen molar-refractivity contribution in [3.05, 3.63) is 30.1 Å². The number of hydrogen-bond donors (Lipinski definition) is 0. The van der Waals surface area contributed by atoms with Crippen LogP contribution in [0.5, 0.6) is 0 Å². The molecule has 6 heteroatoms. The van der Waals surface area contributed by atoms with E-state index in [0.29, 0.717) is 11.0 Å². The van der Waals surface area contributed by atoms with E-state index in [1.54, 1.807) is 4.57 Å². The van der Waals surface area contributed by atoms with Gasteiger partial charge in [0.15, 0.2) is 11.6 Å². The van der Waals surface area contributed by atoms with Crippen LogP contribution < -0.4 is 0 Å². The van der Waals surface area contributed by atoms with Gasteiger partial charge in [-0.3, -0.25) is 4.79 Å². The van der Waals surface area contributed by atoms with E-state index in [1.807, 2.05) is 4.90 Å². The molecule has 2 heterocycles. The molecule has 1 aliphatic heterocycles. The molecule has 20 heavy (non-hydrogen) atoms. The number of halogens is 2. The van der Waals surface area contributed by atoms with Crippen LogP contribution in [-0.4, -0.2) is 33.4 Å². The highest BCUT2D eigenvalue weighted by Gasteiger charge is 2.18. The van der Waals surface area contributed by atoms with Gasteiger partial charge < -0.3 is 9.47 Å². The highest BCUT2D eigenvalue weighted by molar-refractivity contribution is 5.80. The molecule has 0 radical (unpaired) electrons. The predicted molar refractivity (Wildman–Crippen MR) is 70.1 cm³/mol. The third-order valence-electron chi connectivity index (χ3n) is 3.68. The first-order valence-electron chi connectivity index (χ1n) is 6.73. The average Bonchev–Trinajstić information content (AvgIpc) is 2.83. The van der Waals surface area contributed by atoms with Gasteiger partial charge in [-0.1, -0.05) is 0 Å². The van der Waals surface area contributed by atoms with E-state index >= 15 is 0 Å². The van der Waals surface area contributed by atoms with E-state index in [4.69, 9.17) is 0 Å². The van der Waals surface area contributed by atoms with Crippen LogP contribution in [0.25, 0.3) is 11.0 Å². The number of hydrogen-bond acceptors (Lipinski definition) is 2. The molecule has 0 unspecified atom stereocenters. The topological polar surface area (TPSA) is 38.1 Å². The highest BCUT2D eigenvalue weighted by atomic mass is 19.2. The van der Waals surface area contributed by atoms with E-state index < -0.39 is 11.6 Å². The Bertz CT molecular complexity index is 647. The van der Waals surface area contributed by atoms with Crippen molar-refractivity contribution >= 4 is 16.9 Å². The maximum absolute atomic E-state index is 13.3. The van der Waals surface area contributed by atoms with Gasteiger partial charge in [-0.2, -0.15) is 0 Å². The van der Waals surface area contributed by atoms with Crippen LogP contribution in [0.3, 0.4) is 0 Å². The molecular weight excluding hydrogens is 264 g/mol. The number of carbonyl (C=O) groups is 1. The molecule has 0 bridgehead atoms. The maximum Gasteiger partial charge on any atom is 0.242 e. The third kappa shape index (κ3) is 2.37. The molecule has 0 N–H and O–H groups in total. The number of amides is 1. The van der Waals surface area contributed by atoms with Crippen molar-refractivity contribution in [1.29, 1.82) is 0 Å². The Morgan fingerprint density at radius 1 is 1.15 bits per heavy atom. The second kappa shape index (κ2) is 5.19. The maximum atomic E-state index is 13.3. The first-order chi connectivity index (χ1) is 9.65. The molecule has 1 aromatic carbocycles. The fourth-order valence-electron chi connectivity index (χ4n) is 2.57. The first kappa shape index (κ1) is 13.0. The molecule has 0 aliphatic carbocycles. The quantitative estimate of drug-likeness (QED) is 0.846. The molecule has 1 fully saturated rings. The summed E-state index contributed by atoms with van der Waals surface area (Å²) in [6, 6.07) is 2.13. The lowest BCUT2D eigenvalue weighted by molar-refractivity contribution is -0.132. The van der Waals surface area contributed by atoms with Crippen molar-refractivity contribution in [1.82, 2.24) is 14.5 Å². The molecule has 1 saturated heterocycles. The van der Waals surface area contributed by atoms with Crippen molar-refractivity contribution in [2.45, 2.75) is 25.8 Å². The van der Waals surface area contributed by atoms with Crippen molar-refractivity contribution in [3.8, 4) is 0 Å². The Hall–Kier alpha value is -1.98. The number of carbonyl (C=O) groups excluding carboxylic acids is 1. The van der Waals surface area contributed by atoms with Crippen LogP contribution in [-0.2, 0) is 11.3 Å². The van der Waals surface area contributed by atoms with E-state index in [9.17, 15) is 13.6 Å². The van der Waals surface area contributed by atoms with Crippen molar-refractivity contribution in [2.24, 2.45) is 0 Å². The number of imidazole rings is 1. The van der Waals surface area contributed by atoms with Gasteiger partial charge in [0, 0.05) is 25.2 Å². The van der Waals surface area contributed by atoms with Gasteiger partial charge in [-0.25, -0.2) is 13.8 Å². The summed E-state index contributed by atoms with van der Waals surface area (Å²) in [6.07, 6.45) is 4.65. The largest absolute Gasteiger partial charge is 0.341 e. The summed E-state index contributed by atoms with van der Waals surface area (Å²) in [5.74, 6) is -1.86. The van der Waals surface area contributed by atoms with E-state index in [2.05, 4.69) is 4.98 Å². The molecule has 0 saturated carbocycles. The molecule has 1 aromatic heterocycles. The third-order valence-corrected chi connectivity index (χ3v) is 3.68. The van der Waals surface area contributed by atoms with Crippen LogP contribution in [0.2, 0.25) is 0 Å². The fourth-order valence-corrected chi connectivity index (χ4v) is 2.57. The summed E-state index contributed by atoms with van der Waals surface area (Å²) in [5.41, 5.74) is 0.796. The van der Waals surface area contributed by atoms with Crippen LogP contribution >= 0.6 is 0 Å². The fraction of sp³-hybridized carbons (Fsp3) is 0.429. The van der Waals surface area contributed by atoms with Crippen molar-refractivity contribution in [3.63, 3.8) is 0 Å². The number of fused-ring (bicyclic) bond motifs is 1. The SMILES string of the molecule is O=C(Cn1cnc2cc(F)c(F)cc21)N1CCCCC1. The lowest BCUT2D eigenvalue weighted by atomic mass is 10.1. The average molecular weight is 279 g/mol. The Labute approximate surface area is 115 Å². The summed E-state index contributed by atoms with van der Waals surface area (Å²) in [5, 5.41) is 0. The van der Waals surface area contributed by atoms with E-state index in [0.717, 1.165) is 44.5 Å². The number of rotatable bonds is 2. The second-order valence-corrected chi connectivity index (χ2v) is 5.07. The van der Waals surface area contributed by atoms with Crippen LogP contribution in [0.1, 0.15) is 19.3 Å². The molecule has 0 spiro atoms. The summed E-state index contributed by atoms with van der Waals surface area (Å²) >= 11 is 0. The van der Waals surface area contributed by atoms with Gasteiger partial charge in [0.2, 0.25) is 5.91 Å². The van der Waals surface area contributed by atoms with Gasteiger partial charge in [-0.05, 0) is 19.3 Å². The molecule has 4 nitrogen and oxygen atoms in total. The monoisotopic (exact) mass is 279 g/mol. The minimum Gasteiger partial charge on any atom is -0.341 e. The van der Waals surface area contributed by atoms with Crippen LogP contribution in [0.15, 0.2) is 18.5 Å². The Morgan fingerprint density at radius 3 is 2.60 bits per heavy atom. The lowest BCUT2D eigenvalue weighted by Crippen LogP contribution is -2.37. The first-order valence-corrected chi connectivity index (χ1v) is 6.73. The zero-order chi connectivity index (χ0) is 14.1. The van der Waals surface area contributed by atoms with Crippen molar-refractivity contribution < 1.29 is 13.6 Å². The van der Waals surface area contributed by atoms with Crippen LogP contribution in [0, 0.1) is 11.6 Å². The molecule has 0 atom stereocenters. The van der Waals surface area contributed by atoms with Crippen LogP contribution in [0.4, 0.5) is 8.78 Å². The Kier molecular flexibility index (Phi) is 3.38. The minimum absolute atomic E-state index is 0.00580. The summed E-state index contributed by atoms with van der Waals surface area (Å²) < 4.78 is 28.0. The zero-order valence-electron chi connectivity index (χ0n) is 11.0. The second-order valence-electron chi connectivity index (χ2n) is 5.07. The van der Waals surface area contributed by atoms with Gasteiger partial charge in [0.25, 0.3) is 0 Å². The zero-order valence-corrected chi connectivity index (χ0v) is 11.0. The number of aromatic nitrogens is 2. The van der Waals surface area contributed by atoms with Gasteiger partial charge in [-0.15, -0.1) is 0 Å². The lowest BCUT2D eigenvalue weighted by Gasteiger charge is -2.26. The number of nitrogens with zero attached hydrogens (tertiary/aromatic N) is 3. The Morgan fingerprint density at radius 2 is 1.85 bits per heavy atom. The predicted octanol–water partition coefficient (Wildman–Crippen LogP) is 2.33. The highest BCUT2D eigenvalue weighted by Crippen LogP contribution is 2.18. The van der Waals surface area contributed by atoms with E-state index in [1.165, 1.54) is 6.33 Å². The smallest absolute Gasteiger partial charge is 0.242 e. The van der Waals surface area contributed by atoms with Crippen molar-refractivity contribution in [2.75, 3.05) is 13.1 Å². The van der Waals surface area contributed by atoms with Gasteiger partial charge in [0.1, 0.15) is 6.54 Å².